The monoisotopic (exact) mass is 475 g/mol. The van der Waals surface area contributed by atoms with Crippen LogP contribution in [0, 0.1) is 17.0 Å². The summed E-state index contributed by atoms with van der Waals surface area (Å²) in [4.78, 5) is 22.1. The van der Waals surface area contributed by atoms with E-state index in [-0.39, 0.29) is 28.1 Å². The van der Waals surface area contributed by atoms with Crippen molar-refractivity contribution in [3.8, 4) is 16.9 Å². The Morgan fingerprint density at radius 1 is 1.19 bits per heavy atom. The molecule has 1 heterocycles. The van der Waals surface area contributed by atoms with Crippen molar-refractivity contribution < 1.29 is 36.6 Å². The van der Waals surface area contributed by atoms with Gasteiger partial charge < -0.3 is 15.2 Å². The first-order valence-corrected chi connectivity index (χ1v) is 11.0. The van der Waals surface area contributed by atoms with Crippen molar-refractivity contribution in [2.24, 2.45) is 17.6 Å². The van der Waals surface area contributed by atoms with Gasteiger partial charge in [-0.05, 0) is 68.8 Å². The van der Waals surface area contributed by atoms with E-state index in [2.05, 4.69) is 4.74 Å². The van der Waals surface area contributed by atoms with E-state index in [1.807, 2.05) is 6.92 Å². The number of alkyl halides is 3. The number of carbonyl (C=O) groups is 2. The lowest BCUT2D eigenvalue weighted by atomic mass is 9.82. The highest BCUT2D eigenvalue weighted by atomic mass is 32.1. The average molecular weight is 476 g/mol. The Morgan fingerprint density at radius 2 is 1.81 bits per heavy atom. The smallest absolute Gasteiger partial charge is 0.466 e. The molecule has 2 aromatic rings. The van der Waals surface area contributed by atoms with E-state index < -0.39 is 11.5 Å². The van der Waals surface area contributed by atoms with Crippen LogP contribution in [0.25, 0.3) is 11.1 Å². The fraction of sp³-hybridized carbons (Fsp3) is 0.455. The fourth-order valence-electron chi connectivity index (χ4n) is 3.37. The molecule has 3 rings (SSSR count). The molecule has 10 heteroatoms. The number of benzene rings is 1. The summed E-state index contributed by atoms with van der Waals surface area (Å²) >= 11 is 0.677. The van der Waals surface area contributed by atoms with Gasteiger partial charge in [-0.1, -0.05) is 12.1 Å². The Bertz CT molecular complexity index is 875. The predicted octanol–water partition coefficient (Wildman–Crippen LogP) is 5.58. The van der Waals surface area contributed by atoms with Crippen molar-refractivity contribution in [2.45, 2.75) is 39.0 Å². The van der Waals surface area contributed by atoms with Gasteiger partial charge in [-0.25, -0.2) is 0 Å². The molecule has 0 spiro atoms. The summed E-state index contributed by atoms with van der Waals surface area (Å²) in [7, 11) is 0. The van der Waals surface area contributed by atoms with E-state index in [0.29, 0.717) is 35.7 Å². The molecule has 2 N–H and O–H groups in total. The summed E-state index contributed by atoms with van der Waals surface area (Å²) in [6, 6.07) is 6.09. The SMILES string of the molecule is CCOC(=O)C1CCC(CN)CC1.O=Cc1cc(-c2ccc(OC(F)(F)F)cc2)c(F)s1. The van der Waals surface area contributed by atoms with Crippen molar-refractivity contribution in [1.82, 2.24) is 0 Å². The molecule has 1 aliphatic carbocycles. The van der Waals surface area contributed by atoms with Crippen LogP contribution >= 0.6 is 11.3 Å². The van der Waals surface area contributed by atoms with Gasteiger partial charge in [0.2, 0.25) is 0 Å². The molecule has 0 saturated heterocycles. The lowest BCUT2D eigenvalue weighted by molar-refractivity contribution is -0.274. The van der Waals surface area contributed by atoms with E-state index >= 15 is 0 Å². The maximum atomic E-state index is 13.5. The Morgan fingerprint density at radius 3 is 2.28 bits per heavy atom. The summed E-state index contributed by atoms with van der Waals surface area (Å²) in [5, 5.41) is -0.563. The van der Waals surface area contributed by atoms with Crippen LogP contribution in [0.2, 0.25) is 0 Å². The zero-order valence-electron chi connectivity index (χ0n) is 17.5. The molecular formula is C22H25F4NO4S. The number of hydrogen-bond donors (Lipinski definition) is 1. The minimum atomic E-state index is -4.76. The van der Waals surface area contributed by atoms with E-state index in [0.717, 1.165) is 44.4 Å². The lowest BCUT2D eigenvalue weighted by Gasteiger charge is -2.25. The molecule has 0 bridgehead atoms. The molecular weight excluding hydrogens is 450 g/mol. The van der Waals surface area contributed by atoms with Crippen LogP contribution in [0.5, 0.6) is 5.75 Å². The van der Waals surface area contributed by atoms with E-state index in [1.54, 1.807) is 0 Å². The quantitative estimate of drug-likeness (QED) is 0.335. The molecule has 1 aliphatic rings. The maximum absolute atomic E-state index is 13.5. The molecule has 0 unspecified atom stereocenters. The summed E-state index contributed by atoms with van der Waals surface area (Å²) in [5.41, 5.74) is 6.11. The summed E-state index contributed by atoms with van der Waals surface area (Å²) in [6.07, 6.45) is -0.167. The van der Waals surface area contributed by atoms with Gasteiger partial charge in [-0.15, -0.1) is 24.5 Å². The summed E-state index contributed by atoms with van der Waals surface area (Å²) < 4.78 is 58.1. The van der Waals surface area contributed by atoms with Gasteiger partial charge in [0.15, 0.2) is 11.4 Å². The topological polar surface area (TPSA) is 78.6 Å². The Hall–Kier alpha value is -2.46. The first-order valence-electron chi connectivity index (χ1n) is 10.1. The Balaban J connectivity index is 0.000000244. The largest absolute Gasteiger partial charge is 0.573 e. The normalized spacial score (nSPS) is 18.3. The van der Waals surface area contributed by atoms with Gasteiger partial charge in [0.25, 0.3) is 0 Å². The number of carbonyl (C=O) groups excluding carboxylic acids is 2. The lowest BCUT2D eigenvalue weighted by Crippen LogP contribution is -2.26. The molecule has 0 amide bonds. The van der Waals surface area contributed by atoms with E-state index in [9.17, 15) is 27.2 Å². The molecule has 1 aromatic carbocycles. The number of thiophene rings is 1. The number of aldehydes is 1. The number of rotatable bonds is 6. The fourth-order valence-corrected chi connectivity index (χ4v) is 4.09. The summed E-state index contributed by atoms with van der Waals surface area (Å²) in [5.74, 6) is 0.369. The third-order valence-electron chi connectivity index (χ3n) is 5.02. The van der Waals surface area contributed by atoms with Gasteiger partial charge in [0, 0.05) is 5.56 Å². The van der Waals surface area contributed by atoms with Crippen LogP contribution in [0.1, 0.15) is 42.3 Å². The Kier molecular flexibility index (Phi) is 9.64. The van der Waals surface area contributed by atoms with Crippen LogP contribution in [0.3, 0.4) is 0 Å². The van der Waals surface area contributed by atoms with Crippen LogP contribution < -0.4 is 10.5 Å². The van der Waals surface area contributed by atoms with Crippen LogP contribution in [0.15, 0.2) is 30.3 Å². The standard InChI is InChI=1S/C12H6F4O2S.C10H19NO2/c13-11-10(5-9(6-17)19-11)7-1-3-8(4-2-7)18-12(14,15)16;1-2-13-10(12)9-5-3-8(7-11)4-6-9/h1-6H;8-9H,2-7,11H2,1H3. The molecule has 0 radical (unpaired) electrons. The van der Waals surface area contributed by atoms with Gasteiger partial charge in [-0.3, -0.25) is 9.59 Å². The second kappa shape index (κ2) is 12.0. The molecule has 5 nitrogen and oxygen atoms in total. The van der Waals surface area contributed by atoms with Crippen molar-refractivity contribution in [1.29, 1.82) is 0 Å². The van der Waals surface area contributed by atoms with Gasteiger partial charge in [-0.2, -0.15) is 4.39 Å². The molecule has 32 heavy (non-hydrogen) atoms. The second-order valence-corrected chi connectivity index (χ2v) is 8.27. The molecule has 176 valence electrons. The first kappa shape index (κ1) is 25.8. The van der Waals surface area contributed by atoms with Crippen LogP contribution in [-0.2, 0) is 9.53 Å². The van der Waals surface area contributed by atoms with E-state index in [4.69, 9.17) is 10.5 Å². The highest BCUT2D eigenvalue weighted by Gasteiger charge is 2.31. The zero-order chi connectivity index (χ0) is 23.7. The summed E-state index contributed by atoms with van der Waals surface area (Å²) in [6.45, 7) is 3.11. The van der Waals surface area contributed by atoms with Crippen molar-refractivity contribution >= 4 is 23.6 Å². The minimum Gasteiger partial charge on any atom is -0.466 e. The van der Waals surface area contributed by atoms with Crippen molar-refractivity contribution in [3.05, 3.63) is 40.3 Å². The highest BCUT2D eigenvalue weighted by Crippen LogP contribution is 2.32. The Labute approximate surface area is 187 Å². The number of esters is 1. The average Bonchev–Trinajstić information content (AvgIpc) is 3.14. The number of halogens is 4. The third-order valence-corrected chi connectivity index (χ3v) is 5.87. The van der Waals surface area contributed by atoms with E-state index in [1.165, 1.54) is 18.2 Å². The van der Waals surface area contributed by atoms with Gasteiger partial charge >= 0.3 is 12.3 Å². The molecule has 1 fully saturated rings. The van der Waals surface area contributed by atoms with Crippen molar-refractivity contribution in [3.63, 3.8) is 0 Å². The maximum Gasteiger partial charge on any atom is 0.573 e. The van der Waals surface area contributed by atoms with Crippen LogP contribution in [-0.4, -0.2) is 31.8 Å². The van der Waals surface area contributed by atoms with Gasteiger partial charge in [0.1, 0.15) is 5.75 Å². The zero-order valence-corrected chi connectivity index (χ0v) is 18.3. The van der Waals surface area contributed by atoms with Gasteiger partial charge in [0.05, 0.1) is 17.4 Å². The van der Waals surface area contributed by atoms with Crippen molar-refractivity contribution in [2.75, 3.05) is 13.2 Å². The predicted molar refractivity (Wildman–Crippen MR) is 113 cm³/mol. The highest BCUT2D eigenvalue weighted by molar-refractivity contribution is 7.12. The molecule has 1 aromatic heterocycles. The molecule has 1 saturated carbocycles. The number of nitrogens with two attached hydrogens (primary N) is 1. The first-order chi connectivity index (χ1) is 15.2. The number of ether oxygens (including phenoxy) is 2. The minimum absolute atomic E-state index is 0.0158. The molecule has 0 aliphatic heterocycles. The second-order valence-electron chi connectivity index (χ2n) is 7.23. The molecule has 0 atom stereocenters. The third kappa shape index (κ3) is 7.90. The number of hydrogen-bond acceptors (Lipinski definition) is 6. The van der Waals surface area contributed by atoms with Crippen LogP contribution in [0.4, 0.5) is 17.6 Å².